The molecule has 1 atom stereocenters. The predicted octanol–water partition coefficient (Wildman–Crippen LogP) is 4.05. The molecule has 2 aromatic rings. The fourth-order valence-corrected chi connectivity index (χ4v) is 2.56. The Labute approximate surface area is 142 Å². The Morgan fingerprint density at radius 3 is 2.67 bits per heavy atom. The quantitative estimate of drug-likeness (QED) is 0.871. The van der Waals surface area contributed by atoms with E-state index >= 15 is 0 Å². The minimum absolute atomic E-state index is 0.263. The number of amides is 2. The number of anilines is 2. The standard InChI is InChI=1S/C19H22N2O3/c1-14-4-2-3-5-18(14)21-19(22)20-16-6-8-17(9-7-16)24-13-15-10-11-23-12-15/h2-9,15H,10-13H2,1H3,(H2,20,21,22)/t15-/m0/s1. The van der Waals surface area contributed by atoms with E-state index in [-0.39, 0.29) is 6.03 Å². The lowest BCUT2D eigenvalue weighted by Gasteiger charge is -2.12. The van der Waals surface area contributed by atoms with Crippen molar-refractivity contribution in [1.29, 1.82) is 0 Å². The molecule has 0 unspecified atom stereocenters. The summed E-state index contributed by atoms with van der Waals surface area (Å²) in [6.07, 6.45) is 1.05. The molecule has 5 nitrogen and oxygen atoms in total. The summed E-state index contributed by atoms with van der Waals surface area (Å²) in [6, 6.07) is 14.8. The maximum absolute atomic E-state index is 12.1. The molecule has 2 amide bonds. The SMILES string of the molecule is Cc1ccccc1NC(=O)Nc1ccc(OC[C@H]2CCOC2)cc1. The van der Waals surface area contributed by atoms with Crippen LogP contribution in [0.2, 0.25) is 0 Å². The normalized spacial score (nSPS) is 16.6. The van der Waals surface area contributed by atoms with Crippen molar-refractivity contribution in [2.45, 2.75) is 13.3 Å². The van der Waals surface area contributed by atoms with Gasteiger partial charge < -0.3 is 20.1 Å². The highest BCUT2D eigenvalue weighted by molar-refractivity contribution is 6.00. The van der Waals surface area contributed by atoms with E-state index in [9.17, 15) is 4.79 Å². The summed E-state index contributed by atoms with van der Waals surface area (Å²) < 4.78 is 11.1. The Kier molecular flexibility index (Phi) is 5.33. The largest absolute Gasteiger partial charge is 0.493 e. The second-order valence-electron chi connectivity index (χ2n) is 5.96. The molecular weight excluding hydrogens is 304 g/mol. The minimum atomic E-state index is -0.263. The van der Waals surface area contributed by atoms with Gasteiger partial charge in [-0.1, -0.05) is 18.2 Å². The number of hydrogen-bond donors (Lipinski definition) is 2. The van der Waals surface area contributed by atoms with E-state index in [0.29, 0.717) is 12.5 Å². The van der Waals surface area contributed by atoms with Crippen LogP contribution in [-0.4, -0.2) is 25.9 Å². The third-order valence-electron chi connectivity index (χ3n) is 4.02. The van der Waals surface area contributed by atoms with Gasteiger partial charge in [0.15, 0.2) is 0 Å². The second kappa shape index (κ2) is 7.84. The van der Waals surface area contributed by atoms with Crippen LogP contribution in [0.25, 0.3) is 0 Å². The van der Waals surface area contributed by atoms with Gasteiger partial charge in [-0.3, -0.25) is 0 Å². The zero-order valence-electron chi connectivity index (χ0n) is 13.7. The molecular formula is C19H22N2O3. The van der Waals surface area contributed by atoms with Crippen LogP contribution in [0.4, 0.5) is 16.2 Å². The smallest absolute Gasteiger partial charge is 0.323 e. The van der Waals surface area contributed by atoms with Gasteiger partial charge in [0, 0.05) is 23.9 Å². The first-order valence-electron chi connectivity index (χ1n) is 8.15. The third kappa shape index (κ3) is 4.49. The van der Waals surface area contributed by atoms with E-state index in [2.05, 4.69) is 10.6 Å². The number of rotatable bonds is 5. The zero-order chi connectivity index (χ0) is 16.8. The van der Waals surface area contributed by atoms with E-state index in [0.717, 1.165) is 42.3 Å². The van der Waals surface area contributed by atoms with Crippen LogP contribution in [-0.2, 0) is 4.74 Å². The van der Waals surface area contributed by atoms with Gasteiger partial charge in [-0.05, 0) is 49.2 Å². The molecule has 0 saturated carbocycles. The molecule has 1 aliphatic heterocycles. The van der Waals surface area contributed by atoms with Crippen molar-refractivity contribution in [3.63, 3.8) is 0 Å². The number of ether oxygens (including phenoxy) is 2. The molecule has 1 fully saturated rings. The Morgan fingerprint density at radius 2 is 1.96 bits per heavy atom. The average molecular weight is 326 g/mol. The molecule has 0 bridgehead atoms. The Balaban J connectivity index is 1.50. The first kappa shape index (κ1) is 16.3. The van der Waals surface area contributed by atoms with Crippen LogP contribution < -0.4 is 15.4 Å². The predicted molar refractivity (Wildman–Crippen MR) is 94.7 cm³/mol. The summed E-state index contributed by atoms with van der Waals surface area (Å²) in [5.74, 6) is 1.27. The van der Waals surface area contributed by atoms with Gasteiger partial charge in [-0.15, -0.1) is 0 Å². The summed E-state index contributed by atoms with van der Waals surface area (Å²) in [5, 5.41) is 5.66. The summed E-state index contributed by atoms with van der Waals surface area (Å²) in [6.45, 7) is 4.23. The minimum Gasteiger partial charge on any atom is -0.493 e. The first-order chi connectivity index (χ1) is 11.7. The van der Waals surface area contributed by atoms with E-state index < -0.39 is 0 Å². The fraction of sp³-hybridized carbons (Fsp3) is 0.316. The molecule has 0 aliphatic carbocycles. The highest BCUT2D eigenvalue weighted by Gasteiger charge is 2.16. The maximum Gasteiger partial charge on any atom is 0.323 e. The summed E-state index contributed by atoms with van der Waals surface area (Å²) in [4.78, 5) is 12.1. The van der Waals surface area contributed by atoms with E-state index in [1.54, 1.807) is 0 Å². The van der Waals surface area contributed by atoms with Gasteiger partial charge in [-0.25, -0.2) is 4.79 Å². The fourth-order valence-electron chi connectivity index (χ4n) is 2.56. The monoisotopic (exact) mass is 326 g/mol. The second-order valence-corrected chi connectivity index (χ2v) is 5.96. The molecule has 24 heavy (non-hydrogen) atoms. The lowest BCUT2D eigenvalue weighted by molar-refractivity contribution is 0.167. The van der Waals surface area contributed by atoms with Crippen LogP contribution in [0.15, 0.2) is 48.5 Å². The number of urea groups is 1. The molecule has 3 rings (SSSR count). The summed E-state index contributed by atoms with van der Waals surface area (Å²) in [5.41, 5.74) is 2.54. The molecule has 1 heterocycles. The number of carbonyl (C=O) groups excluding carboxylic acids is 1. The molecule has 5 heteroatoms. The van der Waals surface area contributed by atoms with E-state index in [4.69, 9.17) is 9.47 Å². The zero-order valence-corrected chi connectivity index (χ0v) is 13.7. The van der Waals surface area contributed by atoms with Gasteiger partial charge >= 0.3 is 6.03 Å². The lowest BCUT2D eigenvalue weighted by atomic mass is 10.1. The Hall–Kier alpha value is -2.53. The molecule has 2 N–H and O–H groups in total. The van der Waals surface area contributed by atoms with Crippen molar-refractivity contribution in [2.24, 2.45) is 5.92 Å². The van der Waals surface area contributed by atoms with Gasteiger partial charge in [0.05, 0.1) is 13.2 Å². The van der Waals surface area contributed by atoms with Crippen LogP contribution in [0, 0.1) is 12.8 Å². The van der Waals surface area contributed by atoms with Crippen LogP contribution in [0.1, 0.15) is 12.0 Å². The van der Waals surface area contributed by atoms with Crippen LogP contribution in [0.5, 0.6) is 5.75 Å². The highest BCUT2D eigenvalue weighted by Crippen LogP contribution is 2.19. The molecule has 0 aromatic heterocycles. The van der Waals surface area contributed by atoms with Crippen molar-refractivity contribution >= 4 is 17.4 Å². The highest BCUT2D eigenvalue weighted by atomic mass is 16.5. The molecule has 1 aliphatic rings. The maximum atomic E-state index is 12.1. The third-order valence-corrected chi connectivity index (χ3v) is 4.02. The number of benzene rings is 2. The molecule has 126 valence electrons. The molecule has 0 spiro atoms. The molecule has 0 radical (unpaired) electrons. The van der Waals surface area contributed by atoms with Gasteiger partial charge in [-0.2, -0.15) is 0 Å². The number of aryl methyl sites for hydroxylation is 1. The van der Waals surface area contributed by atoms with Gasteiger partial charge in [0.2, 0.25) is 0 Å². The average Bonchev–Trinajstić information content (AvgIpc) is 3.10. The van der Waals surface area contributed by atoms with Crippen molar-refractivity contribution in [2.75, 3.05) is 30.5 Å². The van der Waals surface area contributed by atoms with Gasteiger partial charge in [0.1, 0.15) is 5.75 Å². The van der Waals surface area contributed by atoms with Crippen molar-refractivity contribution in [1.82, 2.24) is 0 Å². The molecule has 2 aromatic carbocycles. The lowest BCUT2D eigenvalue weighted by Crippen LogP contribution is -2.19. The Morgan fingerprint density at radius 1 is 1.17 bits per heavy atom. The van der Waals surface area contributed by atoms with Crippen molar-refractivity contribution in [3.05, 3.63) is 54.1 Å². The topological polar surface area (TPSA) is 59.6 Å². The van der Waals surface area contributed by atoms with Gasteiger partial charge in [0.25, 0.3) is 0 Å². The number of hydrogen-bond acceptors (Lipinski definition) is 3. The summed E-state index contributed by atoms with van der Waals surface area (Å²) in [7, 11) is 0. The number of nitrogens with one attached hydrogen (secondary N) is 2. The van der Waals surface area contributed by atoms with Crippen LogP contribution >= 0.6 is 0 Å². The van der Waals surface area contributed by atoms with Crippen molar-refractivity contribution < 1.29 is 14.3 Å². The Bertz CT molecular complexity index is 679. The summed E-state index contributed by atoms with van der Waals surface area (Å²) >= 11 is 0. The van der Waals surface area contributed by atoms with E-state index in [1.165, 1.54) is 0 Å². The number of para-hydroxylation sites is 1. The number of carbonyl (C=O) groups is 1. The van der Waals surface area contributed by atoms with Crippen LogP contribution in [0.3, 0.4) is 0 Å². The van der Waals surface area contributed by atoms with Crippen molar-refractivity contribution in [3.8, 4) is 5.75 Å². The molecule has 1 saturated heterocycles. The van der Waals surface area contributed by atoms with E-state index in [1.807, 2.05) is 55.5 Å². The first-order valence-corrected chi connectivity index (χ1v) is 8.15.